The normalized spacial score (nSPS) is 13.6. The molecule has 1 aromatic rings. The summed E-state index contributed by atoms with van der Waals surface area (Å²) in [5, 5.41) is 0. The van der Waals surface area contributed by atoms with E-state index in [-0.39, 0.29) is 11.5 Å². The van der Waals surface area contributed by atoms with E-state index in [1.165, 1.54) is 0 Å². The van der Waals surface area contributed by atoms with Crippen LogP contribution in [0.1, 0.15) is 39.6 Å². The number of rotatable bonds is 4. The quantitative estimate of drug-likeness (QED) is 0.603. The average molecular weight is 224 g/mol. The summed E-state index contributed by atoms with van der Waals surface area (Å²) < 4.78 is 5.70. The number of aromatic nitrogens is 2. The van der Waals surface area contributed by atoms with Crippen molar-refractivity contribution in [3.8, 4) is 0 Å². The molecule has 1 rings (SSSR count). The standard InChI is InChI=1S/C11H20N4O/c1-5-16-9(11(2,3)4)10-13-7-6-8(14-10)15-12/h6-7,9H,5,12H2,1-4H3,(H,13,14,15). The molecule has 0 fully saturated rings. The fourth-order valence-corrected chi connectivity index (χ4v) is 1.46. The molecule has 0 amide bonds. The van der Waals surface area contributed by atoms with Crippen LogP contribution in [0.2, 0.25) is 0 Å². The second-order valence-electron chi connectivity index (χ2n) is 4.65. The second-order valence-corrected chi connectivity index (χ2v) is 4.65. The van der Waals surface area contributed by atoms with E-state index in [0.29, 0.717) is 18.2 Å². The van der Waals surface area contributed by atoms with Gasteiger partial charge in [0.1, 0.15) is 11.9 Å². The van der Waals surface area contributed by atoms with Gasteiger partial charge in [-0.3, -0.25) is 0 Å². The Balaban J connectivity index is 3.01. The molecule has 16 heavy (non-hydrogen) atoms. The van der Waals surface area contributed by atoms with E-state index >= 15 is 0 Å². The van der Waals surface area contributed by atoms with E-state index in [4.69, 9.17) is 10.6 Å². The molecule has 0 aromatic carbocycles. The Morgan fingerprint density at radius 3 is 2.69 bits per heavy atom. The van der Waals surface area contributed by atoms with Crippen LogP contribution in [0.25, 0.3) is 0 Å². The van der Waals surface area contributed by atoms with Gasteiger partial charge in [0.25, 0.3) is 0 Å². The van der Waals surface area contributed by atoms with Crippen LogP contribution in [0.15, 0.2) is 12.3 Å². The van der Waals surface area contributed by atoms with Crippen molar-refractivity contribution in [1.82, 2.24) is 9.97 Å². The smallest absolute Gasteiger partial charge is 0.160 e. The topological polar surface area (TPSA) is 73.1 Å². The molecule has 0 bridgehead atoms. The van der Waals surface area contributed by atoms with Gasteiger partial charge >= 0.3 is 0 Å². The molecule has 1 aromatic heterocycles. The zero-order chi connectivity index (χ0) is 12.2. The Hall–Kier alpha value is -1.20. The first-order chi connectivity index (χ1) is 7.49. The predicted octanol–water partition coefficient (Wildman–Crippen LogP) is 1.89. The maximum absolute atomic E-state index is 5.70. The largest absolute Gasteiger partial charge is 0.370 e. The molecule has 1 unspecified atom stereocenters. The minimum Gasteiger partial charge on any atom is -0.370 e. The third-order valence-electron chi connectivity index (χ3n) is 2.18. The molecule has 1 atom stereocenters. The number of hydrazine groups is 1. The van der Waals surface area contributed by atoms with E-state index < -0.39 is 0 Å². The summed E-state index contributed by atoms with van der Waals surface area (Å²) in [7, 11) is 0. The molecule has 0 saturated heterocycles. The number of hydrogen-bond donors (Lipinski definition) is 2. The molecule has 90 valence electrons. The summed E-state index contributed by atoms with van der Waals surface area (Å²) in [6.45, 7) is 8.88. The molecule has 0 aliphatic carbocycles. The molecule has 5 heteroatoms. The first-order valence-corrected chi connectivity index (χ1v) is 5.40. The van der Waals surface area contributed by atoms with Gasteiger partial charge in [-0.05, 0) is 12.3 Å². The molecule has 0 spiro atoms. The minimum atomic E-state index is -0.134. The first-order valence-electron chi connectivity index (χ1n) is 5.40. The molecule has 1 heterocycles. The van der Waals surface area contributed by atoms with Crippen LogP contribution in [0, 0.1) is 5.41 Å². The minimum absolute atomic E-state index is 0.0523. The van der Waals surface area contributed by atoms with E-state index in [1.54, 1.807) is 12.3 Å². The number of hydrogen-bond acceptors (Lipinski definition) is 5. The SMILES string of the molecule is CCOC(c1nccc(NN)n1)C(C)(C)C. The Morgan fingerprint density at radius 2 is 2.19 bits per heavy atom. The monoisotopic (exact) mass is 224 g/mol. The number of nitrogen functional groups attached to an aromatic ring is 1. The Morgan fingerprint density at radius 1 is 1.50 bits per heavy atom. The Bertz CT molecular complexity index is 335. The number of nitrogens with two attached hydrogens (primary N) is 1. The first kappa shape index (κ1) is 12.9. The highest BCUT2D eigenvalue weighted by atomic mass is 16.5. The van der Waals surface area contributed by atoms with Gasteiger partial charge in [0.2, 0.25) is 0 Å². The number of nitrogens with zero attached hydrogens (tertiary/aromatic N) is 2. The predicted molar refractivity (Wildman–Crippen MR) is 63.7 cm³/mol. The maximum Gasteiger partial charge on any atom is 0.160 e. The van der Waals surface area contributed by atoms with E-state index in [0.717, 1.165) is 0 Å². The van der Waals surface area contributed by atoms with Crippen molar-refractivity contribution in [3.05, 3.63) is 18.1 Å². The summed E-state index contributed by atoms with van der Waals surface area (Å²) in [6.07, 6.45) is 1.54. The van der Waals surface area contributed by atoms with E-state index in [9.17, 15) is 0 Å². The van der Waals surface area contributed by atoms with Gasteiger partial charge in [0.15, 0.2) is 5.82 Å². The summed E-state index contributed by atoms with van der Waals surface area (Å²) in [5.74, 6) is 6.57. The van der Waals surface area contributed by atoms with Gasteiger partial charge in [-0.15, -0.1) is 0 Å². The van der Waals surface area contributed by atoms with Crippen LogP contribution in [-0.4, -0.2) is 16.6 Å². The van der Waals surface area contributed by atoms with Crippen molar-refractivity contribution in [2.24, 2.45) is 11.3 Å². The van der Waals surface area contributed by atoms with Crippen LogP contribution in [-0.2, 0) is 4.74 Å². The number of ether oxygens (including phenoxy) is 1. The number of anilines is 1. The van der Waals surface area contributed by atoms with Crippen LogP contribution in [0.5, 0.6) is 0 Å². The molecule has 5 nitrogen and oxygen atoms in total. The summed E-state index contributed by atoms with van der Waals surface area (Å²) in [5.41, 5.74) is 2.46. The Kier molecular flexibility index (Phi) is 4.20. The molecule has 0 aliphatic rings. The molecule has 0 aliphatic heterocycles. The van der Waals surface area contributed by atoms with Crippen LogP contribution in [0.3, 0.4) is 0 Å². The van der Waals surface area contributed by atoms with Crippen molar-refractivity contribution >= 4 is 5.82 Å². The molecular weight excluding hydrogens is 204 g/mol. The van der Waals surface area contributed by atoms with Gasteiger partial charge in [0, 0.05) is 18.9 Å². The van der Waals surface area contributed by atoms with Crippen LogP contribution < -0.4 is 11.3 Å². The Labute approximate surface area is 96.4 Å². The van der Waals surface area contributed by atoms with Crippen molar-refractivity contribution in [3.63, 3.8) is 0 Å². The highest BCUT2D eigenvalue weighted by molar-refractivity contribution is 5.31. The van der Waals surface area contributed by atoms with Gasteiger partial charge in [0.05, 0.1) is 0 Å². The van der Waals surface area contributed by atoms with Gasteiger partial charge in [-0.1, -0.05) is 20.8 Å². The van der Waals surface area contributed by atoms with Gasteiger partial charge < -0.3 is 10.2 Å². The zero-order valence-electron chi connectivity index (χ0n) is 10.3. The highest BCUT2D eigenvalue weighted by Crippen LogP contribution is 2.34. The van der Waals surface area contributed by atoms with Gasteiger partial charge in [-0.2, -0.15) is 0 Å². The third-order valence-corrected chi connectivity index (χ3v) is 2.18. The van der Waals surface area contributed by atoms with Gasteiger partial charge in [-0.25, -0.2) is 15.8 Å². The third kappa shape index (κ3) is 3.15. The maximum atomic E-state index is 5.70. The fraction of sp³-hybridized carbons (Fsp3) is 0.636. The molecule has 0 radical (unpaired) electrons. The van der Waals surface area contributed by atoms with Crippen molar-refractivity contribution in [2.75, 3.05) is 12.0 Å². The fourth-order valence-electron chi connectivity index (χ4n) is 1.46. The lowest BCUT2D eigenvalue weighted by Gasteiger charge is -2.29. The number of nitrogens with one attached hydrogen (secondary N) is 1. The zero-order valence-corrected chi connectivity index (χ0v) is 10.3. The van der Waals surface area contributed by atoms with E-state index in [1.807, 2.05) is 6.92 Å². The van der Waals surface area contributed by atoms with Crippen molar-refractivity contribution in [2.45, 2.75) is 33.8 Å². The average Bonchev–Trinajstić information content (AvgIpc) is 2.24. The molecule has 3 N–H and O–H groups in total. The summed E-state index contributed by atoms with van der Waals surface area (Å²) in [4.78, 5) is 8.55. The van der Waals surface area contributed by atoms with E-state index in [2.05, 4.69) is 36.2 Å². The van der Waals surface area contributed by atoms with Crippen LogP contribution >= 0.6 is 0 Å². The van der Waals surface area contributed by atoms with Crippen molar-refractivity contribution < 1.29 is 4.74 Å². The lowest BCUT2D eigenvalue weighted by atomic mass is 9.88. The molecular formula is C11H20N4O. The van der Waals surface area contributed by atoms with Crippen LogP contribution in [0.4, 0.5) is 5.82 Å². The summed E-state index contributed by atoms with van der Waals surface area (Å²) >= 11 is 0. The second kappa shape index (κ2) is 5.23. The summed E-state index contributed by atoms with van der Waals surface area (Å²) in [6, 6.07) is 1.72. The van der Waals surface area contributed by atoms with Crippen molar-refractivity contribution in [1.29, 1.82) is 0 Å². The lowest BCUT2D eigenvalue weighted by Crippen LogP contribution is -2.24. The molecule has 0 saturated carbocycles. The highest BCUT2D eigenvalue weighted by Gasteiger charge is 2.29. The lowest BCUT2D eigenvalue weighted by molar-refractivity contribution is -0.0190.